The minimum atomic E-state index is -0.310. The van der Waals surface area contributed by atoms with Crippen molar-refractivity contribution in [1.29, 1.82) is 5.26 Å². The number of hydrogen-bond donors (Lipinski definition) is 0. The highest BCUT2D eigenvalue weighted by Crippen LogP contribution is 2.44. The van der Waals surface area contributed by atoms with Gasteiger partial charge in [0.05, 0.1) is 5.69 Å². The Kier molecular flexibility index (Phi) is 6.45. The SMILES string of the molecule is C=CC(=O)N1CC2(CCN(c3nc4c(c(-c5ccccc5F)c3C#N)CCN([C@H]3CCCN(C)C3)C4)C2)C1. The Morgan fingerprint density at radius 2 is 2.05 bits per heavy atom. The molecule has 1 amide bonds. The lowest BCUT2D eigenvalue weighted by Crippen LogP contribution is -2.59. The Balaban J connectivity index is 1.38. The number of hydrogen-bond acceptors (Lipinski definition) is 6. The van der Waals surface area contributed by atoms with Crippen LogP contribution in [0.15, 0.2) is 36.9 Å². The van der Waals surface area contributed by atoms with Gasteiger partial charge in [0, 0.05) is 68.4 Å². The second-order valence-corrected chi connectivity index (χ2v) is 11.6. The largest absolute Gasteiger partial charge is 0.355 e. The highest BCUT2D eigenvalue weighted by molar-refractivity contribution is 5.88. The van der Waals surface area contributed by atoms with Gasteiger partial charge in [-0.05, 0) is 57.0 Å². The molecule has 4 aliphatic heterocycles. The number of halogens is 1. The topological polar surface area (TPSA) is 66.7 Å². The first kappa shape index (κ1) is 25.0. The van der Waals surface area contributed by atoms with Crippen LogP contribution in [-0.2, 0) is 17.8 Å². The van der Waals surface area contributed by atoms with Crippen LogP contribution in [0.3, 0.4) is 0 Å². The van der Waals surface area contributed by atoms with Crippen LogP contribution in [0.2, 0.25) is 0 Å². The van der Waals surface area contributed by atoms with Gasteiger partial charge < -0.3 is 14.7 Å². The van der Waals surface area contributed by atoms with E-state index in [0.29, 0.717) is 48.2 Å². The molecule has 1 aromatic carbocycles. The number of piperidine rings is 1. The van der Waals surface area contributed by atoms with Crippen molar-refractivity contribution in [3.05, 3.63) is 59.6 Å². The van der Waals surface area contributed by atoms with Crippen molar-refractivity contribution < 1.29 is 9.18 Å². The van der Waals surface area contributed by atoms with Gasteiger partial charge in [-0.3, -0.25) is 9.69 Å². The Hall–Kier alpha value is -3.28. The van der Waals surface area contributed by atoms with Crippen molar-refractivity contribution in [3.8, 4) is 17.2 Å². The molecule has 6 rings (SSSR count). The number of carbonyl (C=O) groups is 1. The maximum Gasteiger partial charge on any atom is 0.245 e. The lowest BCUT2D eigenvalue weighted by atomic mass is 9.79. The average Bonchev–Trinajstić information content (AvgIpc) is 3.37. The molecule has 0 aliphatic carbocycles. The highest BCUT2D eigenvalue weighted by atomic mass is 19.1. The summed E-state index contributed by atoms with van der Waals surface area (Å²) in [6, 6.07) is 9.70. The molecule has 3 fully saturated rings. The predicted octanol–water partition coefficient (Wildman–Crippen LogP) is 3.44. The van der Waals surface area contributed by atoms with Crippen LogP contribution >= 0.6 is 0 Å². The minimum Gasteiger partial charge on any atom is -0.355 e. The third-order valence-corrected chi connectivity index (χ3v) is 9.01. The van der Waals surface area contributed by atoms with Crippen LogP contribution < -0.4 is 4.90 Å². The number of fused-ring (bicyclic) bond motifs is 1. The van der Waals surface area contributed by atoms with Gasteiger partial charge >= 0.3 is 0 Å². The summed E-state index contributed by atoms with van der Waals surface area (Å²) < 4.78 is 15.2. The van der Waals surface area contributed by atoms with E-state index in [1.807, 2.05) is 11.0 Å². The molecule has 0 radical (unpaired) electrons. The molecule has 7 nitrogen and oxygen atoms in total. The van der Waals surface area contributed by atoms with Crippen LogP contribution in [0.4, 0.5) is 10.2 Å². The van der Waals surface area contributed by atoms with Crippen molar-refractivity contribution in [2.45, 2.75) is 38.3 Å². The molecule has 0 N–H and O–H groups in total. The van der Waals surface area contributed by atoms with Gasteiger partial charge in [-0.15, -0.1) is 0 Å². The molecule has 1 atom stereocenters. The number of benzene rings is 1. The molecule has 2 aromatic rings. The quantitative estimate of drug-likeness (QED) is 0.583. The Morgan fingerprint density at radius 1 is 1.24 bits per heavy atom. The Morgan fingerprint density at radius 3 is 2.79 bits per heavy atom. The number of amides is 1. The lowest BCUT2D eigenvalue weighted by molar-refractivity contribution is -0.136. The van der Waals surface area contributed by atoms with Gasteiger partial charge in [-0.1, -0.05) is 24.8 Å². The molecule has 8 heteroatoms. The number of nitriles is 1. The molecule has 5 heterocycles. The molecule has 38 heavy (non-hydrogen) atoms. The van der Waals surface area contributed by atoms with Crippen LogP contribution in [0.1, 0.15) is 36.1 Å². The summed E-state index contributed by atoms with van der Waals surface area (Å²) in [5.41, 5.74) is 3.65. The molecule has 3 saturated heterocycles. The number of pyridine rings is 1. The number of likely N-dealkylation sites (N-methyl/N-ethyl adjacent to an activating group) is 1. The third kappa shape index (κ3) is 4.28. The predicted molar refractivity (Wildman–Crippen MR) is 145 cm³/mol. The fourth-order valence-corrected chi connectivity index (χ4v) is 7.05. The average molecular weight is 515 g/mol. The van der Waals surface area contributed by atoms with Gasteiger partial charge in [-0.25, -0.2) is 9.37 Å². The summed E-state index contributed by atoms with van der Waals surface area (Å²) in [4.78, 5) is 26.2. The highest BCUT2D eigenvalue weighted by Gasteiger charge is 2.49. The van der Waals surface area contributed by atoms with E-state index in [2.05, 4.69) is 34.4 Å². The Bertz CT molecular complexity index is 1310. The first-order valence-electron chi connectivity index (χ1n) is 13.7. The van der Waals surface area contributed by atoms with Crippen LogP contribution in [0, 0.1) is 22.6 Å². The molecule has 4 aliphatic rings. The van der Waals surface area contributed by atoms with Crippen molar-refractivity contribution in [1.82, 2.24) is 19.7 Å². The van der Waals surface area contributed by atoms with Gasteiger partial charge in [0.15, 0.2) is 0 Å². The second kappa shape index (κ2) is 9.79. The van der Waals surface area contributed by atoms with Gasteiger partial charge in [-0.2, -0.15) is 5.26 Å². The van der Waals surface area contributed by atoms with Crippen molar-refractivity contribution in [2.24, 2.45) is 5.41 Å². The summed E-state index contributed by atoms with van der Waals surface area (Å²) in [5, 5.41) is 10.4. The maximum absolute atomic E-state index is 15.2. The first-order valence-corrected chi connectivity index (χ1v) is 13.7. The zero-order chi connectivity index (χ0) is 26.4. The number of nitrogens with zero attached hydrogens (tertiary/aromatic N) is 6. The fraction of sp³-hybridized carbons (Fsp3) is 0.500. The van der Waals surface area contributed by atoms with E-state index in [9.17, 15) is 10.1 Å². The molecule has 1 spiro atoms. The number of rotatable bonds is 4. The van der Waals surface area contributed by atoms with Crippen molar-refractivity contribution in [2.75, 3.05) is 57.8 Å². The van der Waals surface area contributed by atoms with Crippen molar-refractivity contribution >= 4 is 11.7 Å². The summed E-state index contributed by atoms with van der Waals surface area (Å²) in [7, 11) is 2.18. The smallest absolute Gasteiger partial charge is 0.245 e. The second-order valence-electron chi connectivity index (χ2n) is 11.6. The monoisotopic (exact) mass is 514 g/mol. The van der Waals surface area contributed by atoms with E-state index in [1.54, 1.807) is 12.1 Å². The fourth-order valence-electron chi connectivity index (χ4n) is 7.05. The number of aromatic nitrogens is 1. The van der Waals surface area contributed by atoms with E-state index < -0.39 is 0 Å². The van der Waals surface area contributed by atoms with Gasteiger partial charge in [0.2, 0.25) is 5.91 Å². The summed E-state index contributed by atoms with van der Waals surface area (Å²) >= 11 is 0. The van der Waals surface area contributed by atoms with Gasteiger partial charge in [0.25, 0.3) is 0 Å². The minimum absolute atomic E-state index is 0.0137. The molecule has 1 aromatic heterocycles. The van der Waals surface area contributed by atoms with E-state index in [1.165, 1.54) is 25.0 Å². The summed E-state index contributed by atoms with van der Waals surface area (Å²) in [6.07, 6.45) is 5.43. The van der Waals surface area contributed by atoms with Crippen molar-refractivity contribution in [3.63, 3.8) is 0 Å². The van der Waals surface area contributed by atoms with E-state index in [-0.39, 0.29) is 17.1 Å². The first-order chi connectivity index (χ1) is 18.4. The zero-order valence-corrected chi connectivity index (χ0v) is 22.1. The van der Waals surface area contributed by atoms with Crippen LogP contribution in [0.5, 0.6) is 0 Å². The molecule has 0 unspecified atom stereocenters. The van der Waals surface area contributed by atoms with Gasteiger partial charge in [0.1, 0.15) is 23.3 Å². The number of carbonyl (C=O) groups excluding carboxylic acids is 1. The normalized spacial score (nSPS) is 23.1. The zero-order valence-electron chi connectivity index (χ0n) is 22.1. The summed E-state index contributed by atoms with van der Waals surface area (Å²) in [6.45, 7) is 10.3. The third-order valence-electron chi connectivity index (χ3n) is 9.01. The molecular weight excluding hydrogens is 479 g/mol. The molecular formula is C30H35FN6O. The standard InChI is InChI=1S/C30H35FN6O/c1-3-27(38)37-19-30(20-37)11-14-36(18-30)29-24(15-32)28(22-8-4-5-9-25(22)31)23-10-13-35(17-26(23)33-29)21-7-6-12-34(2)16-21/h3-5,8-9,21H,1,6-7,10-14,16-20H2,2H3/t21-/m0/s1. The number of likely N-dealkylation sites (tertiary alicyclic amines) is 2. The van der Waals surface area contributed by atoms with Crippen LogP contribution in [-0.4, -0.2) is 84.5 Å². The lowest BCUT2D eigenvalue weighted by Gasteiger charge is -2.47. The van der Waals surface area contributed by atoms with Crippen LogP contribution in [0.25, 0.3) is 11.1 Å². The molecule has 198 valence electrons. The van der Waals surface area contributed by atoms with E-state index in [0.717, 1.165) is 56.8 Å². The molecule has 0 bridgehead atoms. The van der Waals surface area contributed by atoms with E-state index >= 15 is 4.39 Å². The Labute approximate surface area is 224 Å². The summed E-state index contributed by atoms with van der Waals surface area (Å²) in [5.74, 6) is 0.321. The maximum atomic E-state index is 15.2. The molecule has 0 saturated carbocycles. The van der Waals surface area contributed by atoms with E-state index in [4.69, 9.17) is 4.98 Å². The number of anilines is 1.